The number of benzene rings is 2. The summed E-state index contributed by atoms with van der Waals surface area (Å²) in [5.74, 6) is 0.479. The van der Waals surface area contributed by atoms with Gasteiger partial charge in [-0.05, 0) is 43.2 Å². The fourth-order valence-corrected chi connectivity index (χ4v) is 3.16. The van der Waals surface area contributed by atoms with Gasteiger partial charge in [0.1, 0.15) is 5.75 Å². The number of thiazole rings is 1. The summed E-state index contributed by atoms with van der Waals surface area (Å²) in [7, 11) is 0. The normalized spacial score (nSPS) is 10.5. The van der Waals surface area contributed by atoms with Gasteiger partial charge in [-0.2, -0.15) is 0 Å². The van der Waals surface area contributed by atoms with Gasteiger partial charge in [-0.1, -0.05) is 35.9 Å². The molecule has 1 amide bonds. The first-order valence-corrected chi connectivity index (χ1v) is 9.52. The molecule has 4 nitrogen and oxygen atoms in total. The van der Waals surface area contributed by atoms with E-state index in [4.69, 9.17) is 16.3 Å². The van der Waals surface area contributed by atoms with Crippen LogP contribution in [0, 0.1) is 6.92 Å². The molecule has 0 atom stereocenters. The minimum absolute atomic E-state index is 0.0102. The van der Waals surface area contributed by atoms with Crippen molar-refractivity contribution in [2.45, 2.75) is 13.3 Å². The molecule has 0 fully saturated rings. The van der Waals surface area contributed by atoms with Crippen molar-refractivity contribution >= 4 is 28.8 Å². The monoisotopic (exact) mass is 386 g/mol. The van der Waals surface area contributed by atoms with Crippen LogP contribution in [-0.4, -0.2) is 24.0 Å². The zero-order valence-electron chi connectivity index (χ0n) is 14.4. The topological polar surface area (TPSA) is 51.2 Å². The minimum atomic E-state index is -0.144. The van der Waals surface area contributed by atoms with E-state index in [1.165, 1.54) is 5.56 Å². The second kappa shape index (κ2) is 8.83. The van der Waals surface area contributed by atoms with Gasteiger partial charge in [0.15, 0.2) is 6.61 Å². The van der Waals surface area contributed by atoms with E-state index in [1.54, 1.807) is 35.6 Å². The minimum Gasteiger partial charge on any atom is -0.484 e. The van der Waals surface area contributed by atoms with Crippen molar-refractivity contribution in [2.75, 3.05) is 13.2 Å². The van der Waals surface area contributed by atoms with Crippen molar-refractivity contribution < 1.29 is 9.53 Å². The molecular weight excluding hydrogens is 368 g/mol. The number of rotatable bonds is 7. The van der Waals surface area contributed by atoms with Crippen LogP contribution in [0.2, 0.25) is 5.02 Å². The third-order valence-corrected chi connectivity index (χ3v) is 4.81. The second-order valence-electron chi connectivity index (χ2n) is 5.79. The van der Waals surface area contributed by atoms with Crippen LogP contribution in [0.15, 0.2) is 53.9 Å². The molecule has 0 unspecified atom stereocenters. The average molecular weight is 387 g/mol. The van der Waals surface area contributed by atoms with E-state index in [2.05, 4.69) is 39.9 Å². The molecule has 0 saturated carbocycles. The summed E-state index contributed by atoms with van der Waals surface area (Å²) in [5.41, 5.74) is 3.28. The molecule has 0 aliphatic heterocycles. The van der Waals surface area contributed by atoms with Gasteiger partial charge in [0.05, 0.1) is 10.7 Å². The molecule has 0 aliphatic rings. The molecule has 0 radical (unpaired) electrons. The Morgan fingerprint density at radius 2 is 1.88 bits per heavy atom. The Kier molecular flexibility index (Phi) is 6.26. The van der Waals surface area contributed by atoms with Crippen LogP contribution in [0.5, 0.6) is 5.75 Å². The second-order valence-corrected chi connectivity index (χ2v) is 7.29. The number of hydrogen-bond donors (Lipinski definition) is 1. The highest BCUT2D eigenvalue weighted by Crippen LogP contribution is 2.21. The molecule has 1 heterocycles. The molecule has 3 rings (SSSR count). The molecule has 0 saturated heterocycles. The van der Waals surface area contributed by atoms with Gasteiger partial charge < -0.3 is 10.1 Å². The zero-order chi connectivity index (χ0) is 18.4. The first kappa shape index (κ1) is 18.4. The van der Waals surface area contributed by atoms with Crippen molar-refractivity contribution in [1.29, 1.82) is 0 Å². The summed E-state index contributed by atoms with van der Waals surface area (Å²) in [6, 6.07) is 15.2. The third-order valence-electron chi connectivity index (χ3n) is 3.79. The Bertz CT molecular complexity index is 860. The lowest BCUT2D eigenvalue weighted by atomic mass is 10.1. The van der Waals surface area contributed by atoms with Crippen LogP contribution < -0.4 is 10.1 Å². The lowest BCUT2D eigenvalue weighted by molar-refractivity contribution is -0.123. The number of carbonyl (C=O) groups is 1. The summed E-state index contributed by atoms with van der Waals surface area (Å²) < 4.78 is 5.42. The van der Waals surface area contributed by atoms with Crippen LogP contribution in [0.25, 0.3) is 11.3 Å². The van der Waals surface area contributed by atoms with Crippen LogP contribution in [0.3, 0.4) is 0 Å². The molecule has 0 bridgehead atoms. The van der Waals surface area contributed by atoms with Gasteiger partial charge in [-0.3, -0.25) is 4.79 Å². The molecule has 0 spiro atoms. The van der Waals surface area contributed by atoms with Crippen molar-refractivity contribution in [2.24, 2.45) is 0 Å². The van der Waals surface area contributed by atoms with E-state index in [9.17, 15) is 4.79 Å². The molecule has 2 aromatic carbocycles. The van der Waals surface area contributed by atoms with Crippen molar-refractivity contribution in [3.63, 3.8) is 0 Å². The maximum Gasteiger partial charge on any atom is 0.257 e. The Morgan fingerprint density at radius 1 is 1.15 bits per heavy atom. The third kappa shape index (κ3) is 5.31. The van der Waals surface area contributed by atoms with Crippen molar-refractivity contribution in [1.82, 2.24) is 10.3 Å². The van der Waals surface area contributed by atoms with Crippen LogP contribution in [0.4, 0.5) is 0 Å². The maximum absolute atomic E-state index is 11.8. The molecule has 3 aromatic rings. The molecule has 0 aliphatic carbocycles. The fourth-order valence-electron chi connectivity index (χ4n) is 2.42. The van der Waals surface area contributed by atoms with Crippen LogP contribution >= 0.6 is 22.9 Å². The first-order valence-electron chi connectivity index (χ1n) is 8.27. The van der Waals surface area contributed by atoms with E-state index in [1.807, 2.05) is 6.92 Å². The number of aryl methyl sites for hydroxylation is 1. The zero-order valence-corrected chi connectivity index (χ0v) is 15.9. The summed E-state index contributed by atoms with van der Waals surface area (Å²) >= 11 is 7.46. The number of amides is 1. The van der Waals surface area contributed by atoms with Crippen LogP contribution in [-0.2, 0) is 11.2 Å². The largest absolute Gasteiger partial charge is 0.484 e. The number of hydrogen-bond acceptors (Lipinski definition) is 4. The van der Waals surface area contributed by atoms with Gasteiger partial charge in [0.25, 0.3) is 5.91 Å². The average Bonchev–Trinajstić information content (AvgIpc) is 3.08. The fraction of sp³-hybridized carbons (Fsp3) is 0.200. The summed E-state index contributed by atoms with van der Waals surface area (Å²) in [5, 5.41) is 6.62. The Balaban J connectivity index is 1.41. The summed E-state index contributed by atoms with van der Waals surface area (Å²) in [4.78, 5) is 16.3. The van der Waals surface area contributed by atoms with Gasteiger partial charge in [0.2, 0.25) is 0 Å². The number of halogens is 1. The number of carbonyl (C=O) groups excluding carboxylic acids is 1. The number of nitrogens with one attached hydrogen (secondary N) is 1. The smallest absolute Gasteiger partial charge is 0.257 e. The summed E-state index contributed by atoms with van der Waals surface area (Å²) in [6.07, 6.45) is 0.767. The number of nitrogens with zero attached hydrogens (tertiary/aromatic N) is 1. The van der Waals surface area contributed by atoms with E-state index in [0.717, 1.165) is 22.7 Å². The summed E-state index contributed by atoms with van der Waals surface area (Å²) in [6.45, 7) is 2.56. The van der Waals surface area contributed by atoms with Gasteiger partial charge in [-0.25, -0.2) is 4.98 Å². The number of aromatic nitrogens is 1. The molecular formula is C20H19ClN2O2S. The molecule has 1 N–H and O–H groups in total. The van der Waals surface area contributed by atoms with Crippen molar-refractivity contribution in [3.8, 4) is 17.0 Å². The molecule has 134 valence electrons. The quantitative estimate of drug-likeness (QED) is 0.650. The highest BCUT2D eigenvalue weighted by Gasteiger charge is 2.04. The molecule has 6 heteroatoms. The Labute approximate surface area is 161 Å². The van der Waals surface area contributed by atoms with Gasteiger partial charge >= 0.3 is 0 Å². The van der Waals surface area contributed by atoms with Gasteiger partial charge in [-0.15, -0.1) is 11.3 Å². The standard InChI is InChI=1S/C20H19ClN2O2S/c1-14-23-19(13-26-14)16-4-2-15(3-5-16)10-11-22-20(24)12-25-18-8-6-17(21)7-9-18/h2-9,13H,10-12H2,1H3,(H,22,24). The SMILES string of the molecule is Cc1nc(-c2ccc(CCNC(=O)COc3ccc(Cl)cc3)cc2)cs1. The predicted octanol–water partition coefficient (Wildman–Crippen LogP) is 4.51. The van der Waals surface area contributed by atoms with Gasteiger partial charge in [0, 0.05) is 22.5 Å². The Morgan fingerprint density at radius 3 is 2.54 bits per heavy atom. The number of ether oxygens (including phenoxy) is 1. The van der Waals surface area contributed by atoms with Crippen molar-refractivity contribution in [3.05, 3.63) is 69.5 Å². The van der Waals surface area contributed by atoms with Crippen LogP contribution in [0.1, 0.15) is 10.6 Å². The maximum atomic E-state index is 11.8. The Hall–Kier alpha value is -2.37. The van der Waals surface area contributed by atoms with E-state index < -0.39 is 0 Å². The lowest BCUT2D eigenvalue weighted by Gasteiger charge is -2.08. The first-order chi connectivity index (χ1) is 12.6. The predicted molar refractivity (Wildman–Crippen MR) is 106 cm³/mol. The molecule has 1 aromatic heterocycles. The highest BCUT2D eigenvalue weighted by atomic mass is 35.5. The van der Waals surface area contributed by atoms with E-state index >= 15 is 0 Å². The van der Waals surface area contributed by atoms with E-state index in [0.29, 0.717) is 17.3 Å². The molecule has 26 heavy (non-hydrogen) atoms. The van der Waals surface area contributed by atoms with E-state index in [-0.39, 0.29) is 12.5 Å². The highest BCUT2D eigenvalue weighted by molar-refractivity contribution is 7.09. The lowest BCUT2D eigenvalue weighted by Crippen LogP contribution is -2.30.